The molecule has 0 aliphatic carbocycles. The van der Waals surface area contributed by atoms with Crippen LogP contribution in [0.3, 0.4) is 0 Å². The van der Waals surface area contributed by atoms with Crippen LogP contribution in [-0.4, -0.2) is 24.4 Å². The SMILES string of the molecule is O[C@H]1COC/C(=C/c2ccccc2)C1. The number of hydrogen-bond donors (Lipinski definition) is 1. The van der Waals surface area contributed by atoms with Crippen LogP contribution in [0.4, 0.5) is 0 Å². The molecule has 14 heavy (non-hydrogen) atoms. The fraction of sp³-hybridized carbons (Fsp3) is 0.333. The zero-order valence-electron chi connectivity index (χ0n) is 8.02. The highest BCUT2D eigenvalue weighted by atomic mass is 16.5. The maximum absolute atomic E-state index is 9.39. The standard InChI is InChI=1S/C12H14O2/c13-12-7-11(8-14-9-12)6-10-4-2-1-3-5-10/h1-6,12-13H,7-9H2/b11-6+/t12-/m1/s1. The van der Waals surface area contributed by atoms with Gasteiger partial charge in [-0.1, -0.05) is 36.4 Å². The van der Waals surface area contributed by atoms with Crippen molar-refractivity contribution in [1.82, 2.24) is 0 Å². The Balaban J connectivity index is 2.10. The van der Waals surface area contributed by atoms with Gasteiger partial charge in [-0.05, 0) is 17.6 Å². The van der Waals surface area contributed by atoms with Gasteiger partial charge in [-0.3, -0.25) is 0 Å². The summed E-state index contributed by atoms with van der Waals surface area (Å²) in [5, 5.41) is 9.39. The van der Waals surface area contributed by atoms with Crippen LogP contribution in [0.2, 0.25) is 0 Å². The molecule has 2 nitrogen and oxygen atoms in total. The molecular weight excluding hydrogens is 176 g/mol. The van der Waals surface area contributed by atoms with E-state index in [1.54, 1.807) is 0 Å². The Morgan fingerprint density at radius 2 is 2.07 bits per heavy atom. The topological polar surface area (TPSA) is 29.5 Å². The van der Waals surface area contributed by atoms with Gasteiger partial charge < -0.3 is 9.84 Å². The van der Waals surface area contributed by atoms with Gasteiger partial charge in [0.05, 0.1) is 19.3 Å². The average molecular weight is 190 g/mol. The lowest BCUT2D eigenvalue weighted by atomic mass is 10.0. The Hall–Kier alpha value is -1.12. The zero-order chi connectivity index (χ0) is 9.80. The van der Waals surface area contributed by atoms with E-state index in [2.05, 4.69) is 6.08 Å². The second-order valence-electron chi connectivity index (χ2n) is 3.59. The van der Waals surface area contributed by atoms with Crippen molar-refractivity contribution in [2.75, 3.05) is 13.2 Å². The highest BCUT2D eigenvalue weighted by Gasteiger charge is 2.13. The molecule has 2 heteroatoms. The number of aliphatic hydroxyl groups excluding tert-OH is 1. The van der Waals surface area contributed by atoms with Crippen molar-refractivity contribution in [1.29, 1.82) is 0 Å². The molecule has 2 rings (SSSR count). The molecule has 1 heterocycles. The molecule has 0 bridgehead atoms. The molecule has 1 saturated heterocycles. The maximum atomic E-state index is 9.39. The first-order valence-corrected chi connectivity index (χ1v) is 4.85. The minimum absolute atomic E-state index is 0.335. The van der Waals surface area contributed by atoms with E-state index in [9.17, 15) is 5.11 Å². The fourth-order valence-corrected chi connectivity index (χ4v) is 1.63. The molecule has 1 atom stereocenters. The fourth-order valence-electron chi connectivity index (χ4n) is 1.63. The van der Waals surface area contributed by atoms with Crippen LogP contribution in [-0.2, 0) is 4.74 Å². The van der Waals surface area contributed by atoms with E-state index < -0.39 is 0 Å². The van der Waals surface area contributed by atoms with Gasteiger partial charge in [0.2, 0.25) is 0 Å². The van der Waals surface area contributed by atoms with Gasteiger partial charge in [0.25, 0.3) is 0 Å². The van der Waals surface area contributed by atoms with Crippen molar-refractivity contribution in [3.8, 4) is 0 Å². The maximum Gasteiger partial charge on any atom is 0.0811 e. The smallest absolute Gasteiger partial charge is 0.0811 e. The molecule has 1 aromatic carbocycles. The van der Waals surface area contributed by atoms with Crippen molar-refractivity contribution >= 4 is 6.08 Å². The molecule has 0 unspecified atom stereocenters. The predicted octanol–water partition coefficient (Wildman–Crippen LogP) is 1.85. The molecule has 1 aromatic rings. The molecule has 74 valence electrons. The highest BCUT2D eigenvalue weighted by Crippen LogP contribution is 2.16. The van der Waals surface area contributed by atoms with Crippen LogP contribution >= 0.6 is 0 Å². The largest absolute Gasteiger partial charge is 0.390 e. The van der Waals surface area contributed by atoms with E-state index in [4.69, 9.17) is 4.74 Å². The second kappa shape index (κ2) is 4.40. The first kappa shape index (κ1) is 9.44. The third kappa shape index (κ3) is 2.44. The Kier molecular flexibility index (Phi) is 2.96. The van der Waals surface area contributed by atoms with Gasteiger partial charge in [-0.2, -0.15) is 0 Å². The lowest BCUT2D eigenvalue weighted by molar-refractivity contribution is 0.0210. The van der Waals surface area contributed by atoms with Crippen LogP contribution in [0.1, 0.15) is 12.0 Å². The quantitative estimate of drug-likeness (QED) is 0.732. The van der Waals surface area contributed by atoms with Crippen LogP contribution in [0.15, 0.2) is 35.9 Å². The van der Waals surface area contributed by atoms with Crippen molar-refractivity contribution in [3.63, 3.8) is 0 Å². The molecule has 0 spiro atoms. The van der Waals surface area contributed by atoms with Crippen molar-refractivity contribution < 1.29 is 9.84 Å². The summed E-state index contributed by atoms with van der Waals surface area (Å²) >= 11 is 0. The summed E-state index contributed by atoms with van der Waals surface area (Å²) in [6.07, 6.45) is 2.48. The first-order valence-electron chi connectivity index (χ1n) is 4.85. The number of rotatable bonds is 1. The summed E-state index contributed by atoms with van der Waals surface area (Å²) in [6, 6.07) is 10.1. The molecule has 1 aliphatic heterocycles. The van der Waals surface area contributed by atoms with Gasteiger partial charge in [0, 0.05) is 0 Å². The van der Waals surface area contributed by atoms with E-state index in [-0.39, 0.29) is 6.10 Å². The Morgan fingerprint density at radius 1 is 1.29 bits per heavy atom. The monoisotopic (exact) mass is 190 g/mol. The highest BCUT2D eigenvalue weighted by molar-refractivity contribution is 5.53. The van der Waals surface area contributed by atoms with E-state index in [0.29, 0.717) is 13.2 Å². The Labute approximate surface area is 83.8 Å². The summed E-state index contributed by atoms with van der Waals surface area (Å²) in [5.41, 5.74) is 2.33. The minimum atomic E-state index is -0.335. The van der Waals surface area contributed by atoms with Crippen molar-refractivity contribution in [2.45, 2.75) is 12.5 Å². The Morgan fingerprint density at radius 3 is 2.79 bits per heavy atom. The van der Waals surface area contributed by atoms with Gasteiger partial charge in [-0.15, -0.1) is 0 Å². The lowest BCUT2D eigenvalue weighted by Gasteiger charge is -2.20. The van der Waals surface area contributed by atoms with E-state index in [0.717, 1.165) is 12.0 Å². The summed E-state index contributed by atoms with van der Waals surface area (Å²) in [7, 11) is 0. The normalized spacial score (nSPS) is 25.2. The minimum Gasteiger partial charge on any atom is -0.390 e. The molecule has 1 N–H and O–H groups in total. The number of benzene rings is 1. The third-order valence-corrected chi connectivity index (χ3v) is 2.27. The van der Waals surface area contributed by atoms with Gasteiger partial charge >= 0.3 is 0 Å². The zero-order valence-corrected chi connectivity index (χ0v) is 8.02. The van der Waals surface area contributed by atoms with Crippen LogP contribution in [0.25, 0.3) is 6.08 Å². The van der Waals surface area contributed by atoms with Gasteiger partial charge in [0.1, 0.15) is 0 Å². The molecule has 0 amide bonds. The van der Waals surface area contributed by atoms with Gasteiger partial charge in [0.15, 0.2) is 0 Å². The summed E-state index contributed by atoms with van der Waals surface area (Å²) < 4.78 is 5.25. The molecular formula is C12H14O2. The number of aliphatic hydroxyl groups is 1. The van der Waals surface area contributed by atoms with Crippen LogP contribution < -0.4 is 0 Å². The Bertz CT molecular complexity index is 316. The van der Waals surface area contributed by atoms with Crippen molar-refractivity contribution in [3.05, 3.63) is 41.5 Å². The molecule has 0 radical (unpaired) electrons. The van der Waals surface area contributed by atoms with E-state index in [1.165, 1.54) is 5.56 Å². The summed E-state index contributed by atoms with van der Waals surface area (Å²) in [5.74, 6) is 0. The molecule has 1 aliphatic rings. The molecule has 1 fully saturated rings. The van der Waals surface area contributed by atoms with E-state index >= 15 is 0 Å². The summed E-state index contributed by atoms with van der Waals surface area (Å²) in [6.45, 7) is 1.11. The third-order valence-electron chi connectivity index (χ3n) is 2.27. The molecule has 0 aromatic heterocycles. The number of hydrogen-bond acceptors (Lipinski definition) is 2. The van der Waals surface area contributed by atoms with Crippen molar-refractivity contribution in [2.24, 2.45) is 0 Å². The first-order chi connectivity index (χ1) is 6.84. The van der Waals surface area contributed by atoms with E-state index in [1.807, 2.05) is 30.3 Å². The van der Waals surface area contributed by atoms with Crippen LogP contribution in [0, 0.1) is 0 Å². The van der Waals surface area contributed by atoms with Crippen LogP contribution in [0.5, 0.6) is 0 Å². The second-order valence-corrected chi connectivity index (χ2v) is 3.59. The lowest BCUT2D eigenvalue weighted by Crippen LogP contribution is -2.23. The summed E-state index contributed by atoms with van der Waals surface area (Å²) in [4.78, 5) is 0. The molecule has 0 saturated carbocycles. The van der Waals surface area contributed by atoms with Gasteiger partial charge in [-0.25, -0.2) is 0 Å². The number of ether oxygens (including phenoxy) is 1. The predicted molar refractivity (Wildman–Crippen MR) is 55.9 cm³/mol. The average Bonchev–Trinajstić information content (AvgIpc) is 2.19.